The summed E-state index contributed by atoms with van der Waals surface area (Å²) in [6.45, 7) is 0.298. The van der Waals surface area contributed by atoms with Crippen LogP contribution in [0.2, 0.25) is 0 Å². The summed E-state index contributed by atoms with van der Waals surface area (Å²) in [5.74, 6) is -0.336. The third kappa shape index (κ3) is 1.49. The Hall–Kier alpha value is -2.08. The van der Waals surface area contributed by atoms with E-state index in [0.717, 1.165) is 6.07 Å². The van der Waals surface area contributed by atoms with Gasteiger partial charge in [0.1, 0.15) is 5.52 Å². The summed E-state index contributed by atoms with van der Waals surface area (Å²) in [6.07, 6.45) is 3.04. The first kappa shape index (κ1) is 10.4. The molecule has 0 aliphatic carbocycles. The van der Waals surface area contributed by atoms with Crippen molar-refractivity contribution in [3.05, 3.63) is 44.7 Å². The third-order valence-corrected chi connectivity index (χ3v) is 2.34. The summed E-state index contributed by atoms with van der Waals surface area (Å²) in [4.78, 5) is 25.4. The molecule has 84 valence electrons. The van der Waals surface area contributed by atoms with Gasteiger partial charge in [-0.15, -0.1) is 0 Å². The lowest BCUT2D eigenvalue weighted by Gasteiger charge is -2.09. The monoisotopic (exact) mass is 221 g/mol. The van der Waals surface area contributed by atoms with Gasteiger partial charge in [-0.1, -0.05) is 0 Å². The van der Waals surface area contributed by atoms with E-state index < -0.39 is 5.43 Å². The number of aromatic nitrogens is 2. The van der Waals surface area contributed by atoms with Crippen LogP contribution >= 0.6 is 0 Å². The molecule has 0 saturated heterocycles. The molecule has 0 radical (unpaired) electrons. The van der Waals surface area contributed by atoms with Gasteiger partial charge in [0.15, 0.2) is 5.75 Å². The number of H-pyrrole nitrogens is 1. The van der Waals surface area contributed by atoms with E-state index in [9.17, 15) is 14.7 Å². The van der Waals surface area contributed by atoms with E-state index >= 15 is 0 Å². The van der Waals surface area contributed by atoms with Crippen molar-refractivity contribution < 1.29 is 5.11 Å². The van der Waals surface area contributed by atoms with E-state index in [4.69, 9.17) is 0 Å². The van der Waals surface area contributed by atoms with Gasteiger partial charge in [0.25, 0.3) is 5.56 Å². The molecule has 6 heteroatoms. The topological polar surface area (TPSA) is 86.6 Å². The van der Waals surface area contributed by atoms with Gasteiger partial charge in [-0.05, 0) is 7.05 Å². The highest BCUT2D eigenvalue weighted by Gasteiger charge is 2.10. The lowest BCUT2D eigenvalue weighted by Crippen LogP contribution is -2.20. The number of hydrogen-bond acceptors (Lipinski definition) is 4. The van der Waals surface area contributed by atoms with Gasteiger partial charge < -0.3 is 19.8 Å². The van der Waals surface area contributed by atoms with Gasteiger partial charge in [-0.3, -0.25) is 9.59 Å². The lowest BCUT2D eigenvalue weighted by molar-refractivity contribution is 0.455. The second kappa shape index (κ2) is 3.82. The minimum Gasteiger partial charge on any atom is -0.503 e. The molecule has 0 saturated carbocycles. The first-order valence-corrected chi connectivity index (χ1v) is 4.74. The van der Waals surface area contributed by atoms with Crippen molar-refractivity contribution in [3.8, 4) is 5.75 Å². The fourth-order valence-electron chi connectivity index (χ4n) is 1.61. The fraction of sp³-hybridized carbons (Fsp3) is 0.200. The van der Waals surface area contributed by atoms with Crippen molar-refractivity contribution >= 4 is 5.52 Å². The number of aromatic hydroxyl groups is 1. The molecule has 2 rings (SSSR count). The molecule has 16 heavy (non-hydrogen) atoms. The Morgan fingerprint density at radius 3 is 2.94 bits per heavy atom. The molecule has 0 fully saturated rings. The Labute approximate surface area is 90.2 Å². The summed E-state index contributed by atoms with van der Waals surface area (Å²) in [7, 11) is 1.69. The standard InChI is InChI=1S/C10H11N3O3/c1-11-5-7-9(15)8(14)4-6-10(16)12-2-3-13(6)7/h2-4,11,15H,5H2,1H3,(H,12,16). The van der Waals surface area contributed by atoms with E-state index in [1.54, 1.807) is 13.2 Å². The predicted octanol–water partition coefficient (Wildman–Crippen LogP) is -0.587. The highest BCUT2D eigenvalue weighted by molar-refractivity contribution is 5.49. The van der Waals surface area contributed by atoms with Crippen LogP contribution in [0.3, 0.4) is 0 Å². The zero-order chi connectivity index (χ0) is 11.7. The van der Waals surface area contributed by atoms with Gasteiger partial charge >= 0.3 is 0 Å². The summed E-state index contributed by atoms with van der Waals surface area (Å²) in [5.41, 5.74) is -0.328. The molecular weight excluding hydrogens is 210 g/mol. The van der Waals surface area contributed by atoms with E-state index in [0.29, 0.717) is 12.2 Å². The first-order chi connectivity index (χ1) is 7.65. The van der Waals surface area contributed by atoms with Crippen LogP contribution in [-0.4, -0.2) is 21.5 Å². The normalized spacial score (nSPS) is 10.8. The Kier molecular flexibility index (Phi) is 2.49. The van der Waals surface area contributed by atoms with Gasteiger partial charge in [0.2, 0.25) is 5.43 Å². The Morgan fingerprint density at radius 1 is 1.50 bits per heavy atom. The average molecular weight is 221 g/mol. The molecule has 0 aromatic carbocycles. The quantitative estimate of drug-likeness (QED) is 0.632. The molecule has 6 nitrogen and oxygen atoms in total. The smallest absolute Gasteiger partial charge is 0.272 e. The molecule has 0 amide bonds. The van der Waals surface area contributed by atoms with Crippen LogP contribution in [0.4, 0.5) is 0 Å². The molecule has 2 heterocycles. The number of pyridine rings is 1. The Bertz CT molecular complexity index is 642. The van der Waals surface area contributed by atoms with Crippen LogP contribution in [0.5, 0.6) is 5.75 Å². The maximum Gasteiger partial charge on any atom is 0.272 e. The van der Waals surface area contributed by atoms with Crippen LogP contribution in [-0.2, 0) is 6.54 Å². The molecule has 3 N–H and O–H groups in total. The number of nitrogens with one attached hydrogen (secondary N) is 2. The molecule has 0 aliphatic heterocycles. The van der Waals surface area contributed by atoms with E-state index in [1.807, 2.05) is 0 Å². The molecule has 0 atom stereocenters. The Morgan fingerprint density at radius 2 is 2.25 bits per heavy atom. The zero-order valence-electron chi connectivity index (χ0n) is 8.65. The number of hydrogen-bond donors (Lipinski definition) is 3. The van der Waals surface area contributed by atoms with Gasteiger partial charge in [-0.25, -0.2) is 0 Å². The Balaban J connectivity index is 2.94. The molecule has 2 aromatic heterocycles. The fourth-order valence-corrected chi connectivity index (χ4v) is 1.61. The first-order valence-electron chi connectivity index (χ1n) is 4.74. The molecule has 0 unspecified atom stereocenters. The number of aromatic amines is 1. The maximum absolute atomic E-state index is 11.5. The minimum absolute atomic E-state index is 0.218. The molecule has 2 aromatic rings. The van der Waals surface area contributed by atoms with Crippen LogP contribution in [0, 0.1) is 0 Å². The van der Waals surface area contributed by atoms with Crippen molar-refractivity contribution in [1.82, 2.24) is 14.7 Å². The largest absolute Gasteiger partial charge is 0.503 e. The van der Waals surface area contributed by atoms with Gasteiger partial charge in [0, 0.05) is 25.0 Å². The number of nitrogens with zero attached hydrogens (tertiary/aromatic N) is 1. The van der Waals surface area contributed by atoms with Crippen molar-refractivity contribution in [2.24, 2.45) is 0 Å². The van der Waals surface area contributed by atoms with Crippen LogP contribution in [0.1, 0.15) is 5.69 Å². The molecule has 0 spiro atoms. The molecular formula is C10H11N3O3. The van der Waals surface area contributed by atoms with Gasteiger partial charge in [-0.2, -0.15) is 0 Å². The minimum atomic E-state index is -0.554. The molecule has 0 bridgehead atoms. The SMILES string of the molecule is CNCc1c(O)c(=O)cc2c(=O)[nH]ccn12. The van der Waals surface area contributed by atoms with E-state index in [-0.39, 0.29) is 16.8 Å². The number of rotatable bonds is 2. The van der Waals surface area contributed by atoms with E-state index in [2.05, 4.69) is 10.3 Å². The lowest BCUT2D eigenvalue weighted by atomic mass is 10.2. The van der Waals surface area contributed by atoms with E-state index in [1.165, 1.54) is 10.6 Å². The van der Waals surface area contributed by atoms with Crippen molar-refractivity contribution in [2.75, 3.05) is 7.05 Å². The maximum atomic E-state index is 11.5. The average Bonchev–Trinajstić information content (AvgIpc) is 2.26. The summed E-state index contributed by atoms with van der Waals surface area (Å²) in [6, 6.07) is 1.12. The number of fused-ring (bicyclic) bond motifs is 1. The zero-order valence-corrected chi connectivity index (χ0v) is 8.65. The second-order valence-electron chi connectivity index (χ2n) is 3.38. The third-order valence-electron chi connectivity index (χ3n) is 2.34. The van der Waals surface area contributed by atoms with Gasteiger partial charge in [0.05, 0.1) is 5.69 Å². The summed E-state index contributed by atoms with van der Waals surface area (Å²) < 4.78 is 1.49. The highest BCUT2D eigenvalue weighted by Crippen LogP contribution is 2.11. The molecule has 0 aliphatic rings. The van der Waals surface area contributed by atoms with Crippen molar-refractivity contribution in [2.45, 2.75) is 6.54 Å². The van der Waals surface area contributed by atoms with Crippen LogP contribution in [0.25, 0.3) is 5.52 Å². The van der Waals surface area contributed by atoms with Crippen molar-refractivity contribution in [1.29, 1.82) is 0 Å². The summed E-state index contributed by atoms with van der Waals surface area (Å²) >= 11 is 0. The predicted molar refractivity (Wildman–Crippen MR) is 58.7 cm³/mol. The highest BCUT2D eigenvalue weighted by atomic mass is 16.3. The van der Waals surface area contributed by atoms with Crippen LogP contribution in [0.15, 0.2) is 28.0 Å². The van der Waals surface area contributed by atoms with Crippen LogP contribution < -0.4 is 16.3 Å². The summed E-state index contributed by atoms with van der Waals surface area (Å²) in [5, 5.41) is 12.5. The van der Waals surface area contributed by atoms with Crippen molar-refractivity contribution in [3.63, 3.8) is 0 Å². The second-order valence-corrected chi connectivity index (χ2v) is 3.38.